The van der Waals surface area contributed by atoms with Crippen molar-refractivity contribution in [3.05, 3.63) is 11.6 Å². The van der Waals surface area contributed by atoms with Crippen LogP contribution in [-0.4, -0.2) is 28.9 Å². The highest BCUT2D eigenvalue weighted by molar-refractivity contribution is 5.86. The monoisotopic (exact) mass is 384 g/mol. The van der Waals surface area contributed by atoms with E-state index in [9.17, 15) is 14.4 Å². The first-order chi connectivity index (χ1) is 13.2. The predicted octanol–water partition coefficient (Wildman–Crippen LogP) is 3.50. The van der Waals surface area contributed by atoms with Gasteiger partial charge in [-0.25, -0.2) is 0 Å². The Kier molecular flexibility index (Phi) is 3.02. The average Bonchev–Trinajstić information content (AvgIpc) is 3.24. The lowest BCUT2D eigenvalue weighted by molar-refractivity contribution is -0.198. The SMILES string of the molecule is C[C@]12CCC(=O)CC1=C[C@@H]1C(=O)O[C@@]23CC[C@@]2(C)C(CC[C@@]24CCC(=O)O4)C13. The number of ketones is 1. The van der Waals surface area contributed by atoms with Crippen LogP contribution in [0.1, 0.15) is 71.6 Å². The van der Waals surface area contributed by atoms with Crippen molar-refractivity contribution in [2.75, 3.05) is 0 Å². The van der Waals surface area contributed by atoms with E-state index in [2.05, 4.69) is 19.9 Å². The smallest absolute Gasteiger partial charge is 0.313 e. The van der Waals surface area contributed by atoms with Gasteiger partial charge in [0.15, 0.2) is 0 Å². The molecule has 2 unspecified atom stereocenters. The molecule has 0 radical (unpaired) electrons. The van der Waals surface area contributed by atoms with E-state index in [4.69, 9.17) is 9.47 Å². The van der Waals surface area contributed by atoms with Crippen LogP contribution in [0.15, 0.2) is 11.6 Å². The first-order valence-corrected chi connectivity index (χ1v) is 10.9. The molecule has 4 aliphatic carbocycles. The minimum atomic E-state index is -0.488. The third-order valence-electron chi connectivity index (χ3n) is 10.0. The third kappa shape index (κ3) is 1.66. The molecule has 2 bridgehead atoms. The van der Waals surface area contributed by atoms with Gasteiger partial charge in [-0.15, -0.1) is 0 Å². The van der Waals surface area contributed by atoms with Crippen molar-refractivity contribution in [3.8, 4) is 0 Å². The van der Waals surface area contributed by atoms with E-state index in [0.29, 0.717) is 25.2 Å². The summed E-state index contributed by atoms with van der Waals surface area (Å²) < 4.78 is 12.3. The maximum Gasteiger partial charge on any atom is 0.313 e. The molecule has 5 nitrogen and oxygen atoms in total. The molecule has 28 heavy (non-hydrogen) atoms. The molecular formula is C23H28O5. The van der Waals surface area contributed by atoms with Crippen molar-refractivity contribution in [1.82, 2.24) is 0 Å². The Balaban J connectivity index is 1.48. The Labute approximate surface area is 165 Å². The van der Waals surface area contributed by atoms with Crippen molar-refractivity contribution in [2.45, 2.75) is 82.8 Å². The summed E-state index contributed by atoms with van der Waals surface area (Å²) in [4.78, 5) is 37.2. The summed E-state index contributed by atoms with van der Waals surface area (Å²) in [6.45, 7) is 4.53. The van der Waals surface area contributed by atoms with Crippen LogP contribution in [0.2, 0.25) is 0 Å². The highest BCUT2D eigenvalue weighted by Gasteiger charge is 2.77. The molecule has 2 saturated heterocycles. The summed E-state index contributed by atoms with van der Waals surface area (Å²) in [5, 5.41) is 0. The molecular weight excluding hydrogens is 356 g/mol. The van der Waals surface area contributed by atoms with E-state index in [0.717, 1.165) is 44.1 Å². The molecule has 2 aliphatic heterocycles. The van der Waals surface area contributed by atoms with E-state index < -0.39 is 5.60 Å². The molecule has 6 rings (SSSR count). The molecule has 0 aromatic heterocycles. The van der Waals surface area contributed by atoms with Gasteiger partial charge in [-0.05, 0) is 44.4 Å². The highest BCUT2D eigenvalue weighted by Crippen LogP contribution is 2.74. The Morgan fingerprint density at radius 2 is 1.79 bits per heavy atom. The molecule has 7 atom stereocenters. The molecule has 0 aromatic rings. The van der Waals surface area contributed by atoms with Crippen molar-refractivity contribution in [3.63, 3.8) is 0 Å². The Morgan fingerprint density at radius 1 is 0.964 bits per heavy atom. The van der Waals surface area contributed by atoms with E-state index >= 15 is 0 Å². The first kappa shape index (κ1) is 17.2. The highest BCUT2D eigenvalue weighted by atomic mass is 16.6. The van der Waals surface area contributed by atoms with Gasteiger partial charge in [-0.3, -0.25) is 14.4 Å². The Bertz CT molecular complexity index is 859. The number of fused-ring (bicyclic) bond motifs is 3. The topological polar surface area (TPSA) is 69.7 Å². The molecule has 5 fully saturated rings. The zero-order chi connectivity index (χ0) is 19.5. The van der Waals surface area contributed by atoms with Gasteiger partial charge in [-0.1, -0.05) is 25.5 Å². The maximum atomic E-state index is 13.0. The molecule has 6 aliphatic rings. The Morgan fingerprint density at radius 3 is 2.54 bits per heavy atom. The number of hydrogen-bond acceptors (Lipinski definition) is 5. The molecule has 0 aromatic carbocycles. The number of Topliss-reactive ketones (excluding diaryl/α,β-unsaturated/α-hetero) is 1. The number of carbonyl (C=O) groups excluding carboxylic acids is 3. The van der Waals surface area contributed by atoms with Crippen LogP contribution in [-0.2, 0) is 23.9 Å². The van der Waals surface area contributed by atoms with Gasteiger partial charge in [0.1, 0.15) is 17.0 Å². The number of hydrogen-bond donors (Lipinski definition) is 0. The quantitative estimate of drug-likeness (QED) is 0.472. The van der Waals surface area contributed by atoms with E-state index in [1.165, 1.54) is 0 Å². The normalized spacial score (nSPS) is 54.0. The molecule has 1 spiro atoms. The van der Waals surface area contributed by atoms with E-state index in [1.54, 1.807) is 0 Å². The zero-order valence-electron chi connectivity index (χ0n) is 16.7. The summed E-state index contributed by atoms with van der Waals surface area (Å²) in [5.74, 6) is 0.320. The van der Waals surface area contributed by atoms with Gasteiger partial charge >= 0.3 is 11.9 Å². The minimum absolute atomic E-state index is 0.0685. The van der Waals surface area contributed by atoms with Gasteiger partial charge in [0.05, 0.1) is 5.92 Å². The van der Waals surface area contributed by atoms with Crippen molar-refractivity contribution >= 4 is 17.7 Å². The van der Waals surface area contributed by atoms with Crippen molar-refractivity contribution in [2.24, 2.45) is 28.6 Å². The van der Waals surface area contributed by atoms with Crippen LogP contribution in [0, 0.1) is 28.6 Å². The maximum absolute atomic E-state index is 13.0. The minimum Gasteiger partial charge on any atom is -0.458 e. The third-order valence-corrected chi connectivity index (χ3v) is 10.0. The lowest BCUT2D eigenvalue weighted by Crippen LogP contribution is -2.63. The summed E-state index contributed by atoms with van der Waals surface area (Å²) >= 11 is 0. The lowest BCUT2D eigenvalue weighted by atomic mass is 9.43. The van der Waals surface area contributed by atoms with Gasteiger partial charge in [0.25, 0.3) is 0 Å². The fourth-order valence-corrected chi connectivity index (χ4v) is 8.43. The molecule has 150 valence electrons. The summed E-state index contributed by atoms with van der Waals surface area (Å²) in [5.41, 5.74) is -0.0347. The zero-order valence-corrected chi connectivity index (χ0v) is 16.7. The van der Waals surface area contributed by atoms with Gasteiger partial charge in [0, 0.05) is 36.0 Å². The molecule has 2 heterocycles. The van der Waals surface area contributed by atoms with Gasteiger partial charge in [-0.2, -0.15) is 0 Å². The predicted molar refractivity (Wildman–Crippen MR) is 99.0 cm³/mol. The number of rotatable bonds is 0. The molecule has 3 saturated carbocycles. The van der Waals surface area contributed by atoms with Gasteiger partial charge in [0.2, 0.25) is 0 Å². The van der Waals surface area contributed by atoms with E-state index in [-0.39, 0.29) is 46.0 Å². The number of ether oxygens (including phenoxy) is 2. The second-order valence-electron chi connectivity index (χ2n) is 10.6. The molecule has 0 N–H and O–H groups in total. The number of esters is 2. The van der Waals surface area contributed by atoms with Crippen molar-refractivity contribution in [1.29, 1.82) is 0 Å². The summed E-state index contributed by atoms with van der Waals surface area (Å²) in [6, 6.07) is 0. The standard InChI is InChI=1S/C23H28O5/c1-20-6-3-14(24)11-13(20)12-15-18-16-4-7-22(8-5-17(25)27-22)21(16,2)9-10-23(18,20)28-19(15)26/h12,15-16,18H,3-11H2,1-2H3/t15-,16?,18?,20-,21-,22+,23+/m0/s1. The first-order valence-electron chi connectivity index (χ1n) is 10.9. The second kappa shape index (κ2) is 4.91. The van der Waals surface area contributed by atoms with Crippen LogP contribution >= 0.6 is 0 Å². The summed E-state index contributed by atoms with van der Waals surface area (Å²) in [7, 11) is 0. The fourth-order valence-electron chi connectivity index (χ4n) is 8.43. The van der Waals surface area contributed by atoms with E-state index in [1.807, 2.05) is 0 Å². The van der Waals surface area contributed by atoms with Crippen LogP contribution in [0.4, 0.5) is 0 Å². The molecule has 0 amide bonds. The lowest BCUT2D eigenvalue weighted by Gasteiger charge is -2.61. The van der Waals surface area contributed by atoms with Crippen LogP contribution in [0.5, 0.6) is 0 Å². The van der Waals surface area contributed by atoms with Gasteiger partial charge < -0.3 is 9.47 Å². The summed E-state index contributed by atoms with van der Waals surface area (Å²) in [6.07, 6.45) is 8.87. The van der Waals surface area contributed by atoms with Crippen molar-refractivity contribution < 1.29 is 23.9 Å². The fraction of sp³-hybridized carbons (Fsp3) is 0.783. The van der Waals surface area contributed by atoms with Crippen LogP contribution in [0.3, 0.4) is 0 Å². The average molecular weight is 384 g/mol. The molecule has 5 heteroatoms. The Hall–Kier alpha value is -1.65. The largest absolute Gasteiger partial charge is 0.458 e. The second-order valence-corrected chi connectivity index (χ2v) is 10.6. The number of carbonyl (C=O) groups is 3. The van der Waals surface area contributed by atoms with Crippen LogP contribution < -0.4 is 0 Å². The van der Waals surface area contributed by atoms with Crippen LogP contribution in [0.25, 0.3) is 0 Å².